The number of carbonyl (C=O) groups is 1. The fraction of sp³-hybridized carbons (Fsp3) is 0.188. The van der Waals surface area contributed by atoms with Crippen molar-refractivity contribution < 1.29 is 9.72 Å². The van der Waals surface area contributed by atoms with Crippen LogP contribution in [-0.2, 0) is 10.5 Å². The van der Waals surface area contributed by atoms with Crippen LogP contribution in [0.1, 0.15) is 11.1 Å². The molecule has 5 nitrogen and oxygen atoms in total. The van der Waals surface area contributed by atoms with Crippen LogP contribution in [-0.4, -0.2) is 16.6 Å². The molecule has 0 atom stereocenters. The lowest BCUT2D eigenvalue weighted by molar-refractivity contribution is -0.384. The summed E-state index contributed by atoms with van der Waals surface area (Å²) in [7, 11) is 0. The number of non-ortho nitro benzene ring substituents is 1. The van der Waals surface area contributed by atoms with Crippen molar-refractivity contribution in [1.82, 2.24) is 0 Å². The predicted octanol–water partition coefficient (Wildman–Crippen LogP) is 5.08. The summed E-state index contributed by atoms with van der Waals surface area (Å²) in [6, 6.07) is 9.70. The molecule has 2 rings (SSSR count). The average Bonchev–Trinajstić information content (AvgIpc) is 2.52. The minimum absolute atomic E-state index is 0.0561. The van der Waals surface area contributed by atoms with Crippen LogP contribution in [0.4, 0.5) is 11.4 Å². The molecule has 0 heterocycles. The van der Waals surface area contributed by atoms with Crippen LogP contribution in [0, 0.1) is 17.0 Å². The Balaban J connectivity index is 1.90. The summed E-state index contributed by atoms with van der Waals surface area (Å²) >= 11 is 13.2. The van der Waals surface area contributed by atoms with Gasteiger partial charge in [-0.15, -0.1) is 11.8 Å². The highest BCUT2D eigenvalue weighted by Crippen LogP contribution is 2.25. The minimum atomic E-state index is -0.492. The van der Waals surface area contributed by atoms with E-state index in [0.29, 0.717) is 21.5 Å². The fourth-order valence-electron chi connectivity index (χ4n) is 1.94. The van der Waals surface area contributed by atoms with E-state index in [0.717, 1.165) is 11.1 Å². The molecule has 0 spiro atoms. The summed E-state index contributed by atoms with van der Waals surface area (Å²) in [4.78, 5) is 22.3. The van der Waals surface area contributed by atoms with Crippen molar-refractivity contribution in [2.45, 2.75) is 12.7 Å². The van der Waals surface area contributed by atoms with Crippen molar-refractivity contribution >= 4 is 52.2 Å². The smallest absolute Gasteiger partial charge is 0.271 e. The Morgan fingerprint density at radius 3 is 2.62 bits per heavy atom. The number of thioether (sulfide) groups is 1. The van der Waals surface area contributed by atoms with Crippen LogP contribution in [0.2, 0.25) is 10.0 Å². The molecule has 0 unspecified atom stereocenters. The predicted molar refractivity (Wildman–Crippen MR) is 99.1 cm³/mol. The number of amides is 1. The third kappa shape index (κ3) is 5.12. The second kappa shape index (κ2) is 8.37. The van der Waals surface area contributed by atoms with Gasteiger partial charge in [0.2, 0.25) is 5.91 Å². The van der Waals surface area contributed by atoms with Crippen molar-refractivity contribution in [3.63, 3.8) is 0 Å². The van der Waals surface area contributed by atoms with Crippen molar-refractivity contribution in [3.05, 3.63) is 67.7 Å². The Morgan fingerprint density at radius 1 is 1.21 bits per heavy atom. The number of halogens is 2. The molecule has 2 aromatic rings. The topological polar surface area (TPSA) is 72.2 Å². The summed E-state index contributed by atoms with van der Waals surface area (Å²) in [5, 5.41) is 14.5. The first-order chi connectivity index (χ1) is 11.4. The normalized spacial score (nSPS) is 10.5. The van der Waals surface area contributed by atoms with E-state index in [1.54, 1.807) is 25.1 Å². The zero-order valence-electron chi connectivity index (χ0n) is 12.7. The molecular weight excluding hydrogens is 371 g/mol. The number of nitrogens with zero attached hydrogens (tertiary/aromatic N) is 1. The summed E-state index contributed by atoms with van der Waals surface area (Å²) in [5.74, 6) is 0.615. The van der Waals surface area contributed by atoms with Gasteiger partial charge >= 0.3 is 0 Å². The number of aryl methyl sites for hydroxylation is 1. The van der Waals surface area contributed by atoms with E-state index in [-0.39, 0.29) is 17.3 Å². The highest BCUT2D eigenvalue weighted by molar-refractivity contribution is 7.99. The Bertz CT molecular complexity index is 784. The number of nitro benzene ring substituents is 1. The molecule has 0 aromatic heterocycles. The molecule has 0 bridgehead atoms. The second-order valence-electron chi connectivity index (χ2n) is 5.05. The lowest BCUT2D eigenvalue weighted by Gasteiger charge is -2.08. The average molecular weight is 385 g/mol. The van der Waals surface area contributed by atoms with Crippen molar-refractivity contribution in [1.29, 1.82) is 0 Å². The lowest BCUT2D eigenvalue weighted by Crippen LogP contribution is -2.15. The maximum absolute atomic E-state index is 12.0. The van der Waals surface area contributed by atoms with Crippen molar-refractivity contribution in [2.75, 3.05) is 11.1 Å². The molecule has 0 aliphatic rings. The van der Waals surface area contributed by atoms with E-state index in [9.17, 15) is 14.9 Å². The van der Waals surface area contributed by atoms with Gasteiger partial charge in [-0.05, 0) is 30.2 Å². The molecule has 0 saturated carbocycles. The van der Waals surface area contributed by atoms with Gasteiger partial charge in [0.1, 0.15) is 0 Å². The first kappa shape index (κ1) is 18.6. The quantitative estimate of drug-likeness (QED) is 0.556. The number of anilines is 1. The largest absolute Gasteiger partial charge is 0.325 e. The van der Waals surface area contributed by atoms with Gasteiger partial charge in [0, 0.05) is 17.9 Å². The Morgan fingerprint density at radius 2 is 1.96 bits per heavy atom. The maximum Gasteiger partial charge on any atom is 0.271 e. The molecule has 8 heteroatoms. The summed E-state index contributed by atoms with van der Waals surface area (Å²) in [6.45, 7) is 1.78. The summed E-state index contributed by atoms with van der Waals surface area (Å²) in [6.07, 6.45) is 0. The van der Waals surface area contributed by atoms with Gasteiger partial charge in [-0.25, -0.2) is 0 Å². The van der Waals surface area contributed by atoms with Crippen LogP contribution in [0.3, 0.4) is 0 Å². The van der Waals surface area contributed by atoms with Crippen LogP contribution in [0.25, 0.3) is 0 Å². The van der Waals surface area contributed by atoms with Gasteiger partial charge in [-0.3, -0.25) is 14.9 Å². The number of nitro groups is 1. The SMILES string of the molecule is Cc1ccc([N+](=O)[O-])cc1NC(=O)CSCc1ccc(Cl)c(Cl)c1. The minimum Gasteiger partial charge on any atom is -0.325 e. The molecule has 1 amide bonds. The van der Waals surface area contributed by atoms with Gasteiger partial charge < -0.3 is 5.32 Å². The molecule has 126 valence electrons. The van der Waals surface area contributed by atoms with Gasteiger partial charge in [0.25, 0.3) is 5.69 Å². The molecule has 0 radical (unpaired) electrons. The van der Waals surface area contributed by atoms with Crippen molar-refractivity contribution in [3.8, 4) is 0 Å². The van der Waals surface area contributed by atoms with E-state index in [1.165, 1.54) is 23.9 Å². The maximum atomic E-state index is 12.0. The molecule has 2 aromatic carbocycles. The zero-order valence-corrected chi connectivity index (χ0v) is 15.0. The van der Waals surface area contributed by atoms with E-state index in [4.69, 9.17) is 23.2 Å². The van der Waals surface area contributed by atoms with Crippen LogP contribution < -0.4 is 5.32 Å². The number of hydrogen-bond donors (Lipinski definition) is 1. The molecule has 0 fully saturated rings. The van der Waals surface area contributed by atoms with E-state index >= 15 is 0 Å². The van der Waals surface area contributed by atoms with Gasteiger partial charge in [-0.2, -0.15) is 0 Å². The molecule has 1 N–H and O–H groups in total. The molecule has 0 saturated heterocycles. The van der Waals surface area contributed by atoms with Crippen LogP contribution in [0.15, 0.2) is 36.4 Å². The van der Waals surface area contributed by atoms with E-state index in [2.05, 4.69) is 5.32 Å². The fourth-order valence-corrected chi connectivity index (χ4v) is 3.03. The number of benzene rings is 2. The highest BCUT2D eigenvalue weighted by atomic mass is 35.5. The monoisotopic (exact) mass is 384 g/mol. The number of hydrogen-bond acceptors (Lipinski definition) is 4. The summed E-state index contributed by atoms with van der Waals surface area (Å²) in [5.41, 5.74) is 2.13. The molecule has 24 heavy (non-hydrogen) atoms. The number of carbonyl (C=O) groups excluding carboxylic acids is 1. The van der Waals surface area contributed by atoms with Gasteiger partial charge in [0.05, 0.1) is 26.4 Å². The molecule has 0 aliphatic carbocycles. The molecular formula is C16H14Cl2N2O3S. The van der Waals surface area contributed by atoms with Crippen LogP contribution in [0.5, 0.6) is 0 Å². The Labute approximate surface area is 153 Å². The van der Waals surface area contributed by atoms with Crippen LogP contribution >= 0.6 is 35.0 Å². The van der Waals surface area contributed by atoms with E-state index < -0.39 is 4.92 Å². The van der Waals surface area contributed by atoms with Crippen molar-refractivity contribution in [2.24, 2.45) is 0 Å². The first-order valence-corrected chi connectivity index (χ1v) is 8.84. The van der Waals surface area contributed by atoms with E-state index in [1.807, 2.05) is 6.07 Å². The number of rotatable bonds is 6. The third-order valence-electron chi connectivity index (χ3n) is 3.19. The molecule has 0 aliphatic heterocycles. The highest BCUT2D eigenvalue weighted by Gasteiger charge is 2.11. The summed E-state index contributed by atoms with van der Waals surface area (Å²) < 4.78 is 0. The first-order valence-electron chi connectivity index (χ1n) is 6.93. The lowest BCUT2D eigenvalue weighted by atomic mass is 10.2. The Kier molecular flexibility index (Phi) is 6.48. The second-order valence-corrected chi connectivity index (χ2v) is 6.85. The Hall–Kier alpha value is -1.76. The standard InChI is InChI=1S/C16H14Cl2N2O3S/c1-10-2-4-12(20(22)23)7-15(10)19-16(21)9-24-8-11-3-5-13(17)14(18)6-11/h2-7H,8-9H2,1H3,(H,19,21). The number of nitrogens with one attached hydrogen (secondary N) is 1. The third-order valence-corrected chi connectivity index (χ3v) is 4.93. The van der Waals surface area contributed by atoms with Gasteiger partial charge in [-0.1, -0.05) is 35.3 Å². The zero-order chi connectivity index (χ0) is 17.7. The van der Waals surface area contributed by atoms with Gasteiger partial charge in [0.15, 0.2) is 0 Å².